The lowest BCUT2D eigenvalue weighted by molar-refractivity contribution is 0.0954. The van der Waals surface area contributed by atoms with E-state index in [4.69, 9.17) is 0 Å². The van der Waals surface area contributed by atoms with Crippen LogP contribution in [-0.4, -0.2) is 28.5 Å². The molecule has 7 nitrogen and oxygen atoms in total. The topological polar surface area (TPSA) is 96.0 Å². The summed E-state index contributed by atoms with van der Waals surface area (Å²) in [5.74, 6) is 0.166. The lowest BCUT2D eigenvalue weighted by Crippen LogP contribution is -2.26. The van der Waals surface area contributed by atoms with Crippen molar-refractivity contribution in [2.75, 3.05) is 17.2 Å². The van der Waals surface area contributed by atoms with Crippen LogP contribution in [0, 0.1) is 0 Å². The zero-order valence-corrected chi connectivity index (χ0v) is 16.2. The highest BCUT2D eigenvalue weighted by molar-refractivity contribution is 6.01. The minimum atomic E-state index is -0.443. The van der Waals surface area contributed by atoms with Gasteiger partial charge in [0.1, 0.15) is 0 Å². The second-order valence-corrected chi connectivity index (χ2v) is 6.39. The maximum absolute atomic E-state index is 12.5. The highest BCUT2D eigenvalue weighted by Gasteiger charge is 2.12. The van der Waals surface area contributed by atoms with Gasteiger partial charge >= 0.3 is 6.03 Å². The van der Waals surface area contributed by atoms with Crippen LogP contribution in [-0.2, 0) is 12.8 Å². The van der Waals surface area contributed by atoms with E-state index in [0.29, 0.717) is 23.6 Å². The molecule has 148 valence electrons. The van der Waals surface area contributed by atoms with Crippen LogP contribution in [0.5, 0.6) is 0 Å². The van der Waals surface area contributed by atoms with E-state index in [1.165, 1.54) is 18.6 Å². The molecule has 2 aromatic carbocycles. The fraction of sp³-hybridized carbons (Fsp3) is 0.182. The molecule has 1 heterocycles. The fourth-order valence-corrected chi connectivity index (χ4v) is 2.84. The molecule has 7 heteroatoms. The molecule has 0 fully saturated rings. The Labute approximate surface area is 169 Å². The third kappa shape index (κ3) is 5.87. The van der Waals surface area contributed by atoms with E-state index in [1.54, 1.807) is 12.1 Å². The lowest BCUT2D eigenvalue weighted by Gasteiger charge is -2.13. The Kier molecular flexibility index (Phi) is 6.89. The summed E-state index contributed by atoms with van der Waals surface area (Å²) in [5.41, 5.74) is 3.17. The van der Waals surface area contributed by atoms with Crippen molar-refractivity contribution >= 4 is 23.4 Å². The molecule has 3 N–H and O–H groups in total. The van der Waals surface area contributed by atoms with Gasteiger partial charge in [-0.3, -0.25) is 15.1 Å². The Morgan fingerprint density at radius 1 is 1.00 bits per heavy atom. The summed E-state index contributed by atoms with van der Waals surface area (Å²) in [6, 6.07) is 14.8. The van der Waals surface area contributed by atoms with Crippen LogP contribution in [0.4, 0.5) is 16.3 Å². The van der Waals surface area contributed by atoms with Crippen molar-refractivity contribution < 1.29 is 9.59 Å². The number of rotatable bonds is 7. The number of nitrogens with one attached hydrogen (secondary N) is 3. The minimum absolute atomic E-state index is 0.180. The molecule has 3 amide bonds. The lowest BCUT2D eigenvalue weighted by atomic mass is 10.1. The van der Waals surface area contributed by atoms with Gasteiger partial charge in [0.2, 0.25) is 0 Å². The molecule has 3 aromatic rings. The number of anilines is 2. The number of carbonyl (C=O) groups is 2. The summed E-state index contributed by atoms with van der Waals surface area (Å²) < 4.78 is 0. The predicted octanol–water partition coefficient (Wildman–Crippen LogP) is 3.66. The van der Waals surface area contributed by atoms with E-state index >= 15 is 0 Å². The zero-order valence-electron chi connectivity index (χ0n) is 16.2. The Balaban J connectivity index is 1.62. The number of hydrogen-bond acceptors (Lipinski definition) is 4. The zero-order chi connectivity index (χ0) is 20.5. The van der Waals surface area contributed by atoms with Gasteiger partial charge in [0.15, 0.2) is 5.82 Å². The smallest absolute Gasteiger partial charge is 0.324 e. The summed E-state index contributed by atoms with van der Waals surface area (Å²) in [6.07, 6.45) is 5.95. The first kappa shape index (κ1) is 20.0. The molecule has 0 saturated carbocycles. The minimum Gasteiger partial charge on any atom is -0.352 e. The molecule has 29 heavy (non-hydrogen) atoms. The number of nitrogens with zero attached hydrogens (tertiary/aromatic N) is 2. The summed E-state index contributed by atoms with van der Waals surface area (Å²) in [7, 11) is 0. The second kappa shape index (κ2) is 9.98. The molecule has 0 aliphatic carbocycles. The number of hydrogen-bond donors (Lipinski definition) is 3. The number of benzene rings is 2. The van der Waals surface area contributed by atoms with Crippen molar-refractivity contribution in [3.05, 3.63) is 83.8 Å². The summed E-state index contributed by atoms with van der Waals surface area (Å²) in [5, 5.41) is 8.33. The Bertz CT molecular complexity index is 961. The van der Waals surface area contributed by atoms with Crippen molar-refractivity contribution in [1.29, 1.82) is 0 Å². The van der Waals surface area contributed by atoms with Crippen LogP contribution in [0.3, 0.4) is 0 Å². The van der Waals surface area contributed by atoms with Gasteiger partial charge < -0.3 is 10.6 Å². The molecule has 0 spiro atoms. The van der Waals surface area contributed by atoms with Crippen LogP contribution in [0.1, 0.15) is 28.4 Å². The molecule has 0 bridgehead atoms. The Hall–Kier alpha value is -3.74. The molecule has 0 aliphatic heterocycles. The van der Waals surface area contributed by atoms with Crippen LogP contribution in [0.2, 0.25) is 0 Å². The van der Waals surface area contributed by atoms with E-state index in [-0.39, 0.29) is 5.91 Å². The number of aryl methyl sites for hydroxylation is 1. The fourth-order valence-electron chi connectivity index (χ4n) is 2.84. The highest BCUT2D eigenvalue weighted by Crippen LogP contribution is 2.19. The number of carbonyl (C=O) groups excluding carboxylic acids is 2. The normalized spacial score (nSPS) is 10.2. The summed E-state index contributed by atoms with van der Waals surface area (Å²) >= 11 is 0. The van der Waals surface area contributed by atoms with Crippen LogP contribution in [0.15, 0.2) is 67.1 Å². The number of aromatic nitrogens is 2. The largest absolute Gasteiger partial charge is 0.352 e. The molecule has 0 unspecified atom stereocenters. The molecular weight excluding hydrogens is 366 g/mol. The maximum Gasteiger partial charge on any atom is 0.324 e. The van der Waals surface area contributed by atoms with E-state index in [1.807, 2.05) is 43.3 Å². The molecule has 1 aromatic heterocycles. The van der Waals surface area contributed by atoms with Gasteiger partial charge in [0, 0.05) is 30.2 Å². The number of urea groups is 1. The SMILES string of the molecule is CCc1ccc(C(=O)NCCc2ccccc2)cc1NC(=O)Nc1cnccn1. The van der Waals surface area contributed by atoms with Gasteiger partial charge in [-0.25, -0.2) is 9.78 Å². The first-order chi connectivity index (χ1) is 14.2. The van der Waals surface area contributed by atoms with Crippen LogP contribution >= 0.6 is 0 Å². The van der Waals surface area contributed by atoms with E-state index in [0.717, 1.165) is 24.0 Å². The highest BCUT2D eigenvalue weighted by atomic mass is 16.2. The number of amides is 3. The van der Waals surface area contributed by atoms with Gasteiger partial charge in [-0.2, -0.15) is 0 Å². The quantitative estimate of drug-likeness (QED) is 0.575. The van der Waals surface area contributed by atoms with Gasteiger partial charge in [0.25, 0.3) is 5.91 Å². The van der Waals surface area contributed by atoms with Gasteiger partial charge in [-0.1, -0.05) is 43.3 Å². The average Bonchev–Trinajstić information content (AvgIpc) is 2.75. The van der Waals surface area contributed by atoms with Crippen molar-refractivity contribution in [1.82, 2.24) is 15.3 Å². The van der Waals surface area contributed by atoms with E-state index in [2.05, 4.69) is 25.9 Å². The van der Waals surface area contributed by atoms with Crippen molar-refractivity contribution in [3.8, 4) is 0 Å². The van der Waals surface area contributed by atoms with E-state index in [9.17, 15) is 9.59 Å². The monoisotopic (exact) mass is 389 g/mol. The Morgan fingerprint density at radius 3 is 2.55 bits per heavy atom. The average molecular weight is 389 g/mol. The summed E-state index contributed by atoms with van der Waals surface area (Å²) in [6.45, 7) is 2.52. The van der Waals surface area contributed by atoms with Crippen molar-refractivity contribution in [2.45, 2.75) is 19.8 Å². The summed E-state index contributed by atoms with van der Waals surface area (Å²) in [4.78, 5) is 32.7. The third-order valence-electron chi connectivity index (χ3n) is 4.35. The first-order valence-corrected chi connectivity index (χ1v) is 9.44. The van der Waals surface area contributed by atoms with Gasteiger partial charge in [0.05, 0.1) is 6.20 Å². The van der Waals surface area contributed by atoms with Crippen LogP contribution in [0.25, 0.3) is 0 Å². The second-order valence-electron chi connectivity index (χ2n) is 6.39. The molecule has 0 aliphatic rings. The molecule has 0 radical (unpaired) electrons. The molecule has 0 saturated heterocycles. The van der Waals surface area contributed by atoms with Crippen LogP contribution < -0.4 is 16.0 Å². The molecular formula is C22H23N5O2. The first-order valence-electron chi connectivity index (χ1n) is 9.44. The molecule has 3 rings (SSSR count). The third-order valence-corrected chi connectivity index (χ3v) is 4.35. The predicted molar refractivity (Wildman–Crippen MR) is 113 cm³/mol. The standard InChI is InChI=1S/C22H23N5O2/c1-2-17-8-9-18(21(28)25-11-10-16-6-4-3-5-7-16)14-19(17)26-22(29)27-20-15-23-12-13-24-20/h3-9,12-15H,2,10-11H2,1H3,(H,25,28)(H2,24,26,27,29). The van der Waals surface area contributed by atoms with E-state index < -0.39 is 6.03 Å². The maximum atomic E-state index is 12.5. The van der Waals surface area contributed by atoms with Gasteiger partial charge in [-0.05, 0) is 36.1 Å². The van der Waals surface area contributed by atoms with Crippen molar-refractivity contribution in [2.24, 2.45) is 0 Å². The van der Waals surface area contributed by atoms with Crippen molar-refractivity contribution in [3.63, 3.8) is 0 Å². The molecule has 0 atom stereocenters. The van der Waals surface area contributed by atoms with Gasteiger partial charge in [-0.15, -0.1) is 0 Å². The Morgan fingerprint density at radius 2 is 1.83 bits per heavy atom.